The van der Waals surface area contributed by atoms with E-state index < -0.39 is 11.9 Å². The lowest BCUT2D eigenvalue weighted by Gasteiger charge is -2.12. The molecule has 32 heavy (non-hydrogen) atoms. The first kappa shape index (κ1) is 20.8. The van der Waals surface area contributed by atoms with Crippen LogP contribution in [0.25, 0.3) is 10.8 Å². The molecule has 0 radical (unpaired) electrons. The number of benzene rings is 4. The minimum absolute atomic E-state index is 0.218. The summed E-state index contributed by atoms with van der Waals surface area (Å²) in [5, 5.41) is 7.07. The Labute approximate surface area is 184 Å². The van der Waals surface area contributed by atoms with E-state index in [4.69, 9.17) is 4.74 Å². The number of carbonyl (C=O) groups is 3. The summed E-state index contributed by atoms with van der Waals surface area (Å²) in [6.07, 6.45) is 0. The number of para-hydroxylation sites is 2. The van der Waals surface area contributed by atoms with Gasteiger partial charge in [-0.2, -0.15) is 0 Å². The highest BCUT2D eigenvalue weighted by Gasteiger charge is 2.15. The Balaban J connectivity index is 1.40. The Bertz CT molecular complexity index is 1280. The lowest BCUT2D eigenvalue weighted by atomic mass is 10.0. The minimum atomic E-state index is -0.531. The Hall–Kier alpha value is -4.45. The van der Waals surface area contributed by atoms with Crippen LogP contribution in [0.2, 0.25) is 0 Å². The normalized spacial score (nSPS) is 10.4. The number of anilines is 1. The van der Waals surface area contributed by atoms with Crippen LogP contribution < -0.4 is 15.4 Å². The highest BCUT2D eigenvalue weighted by Crippen LogP contribution is 2.25. The molecule has 2 N–H and O–H groups in total. The maximum absolute atomic E-state index is 12.6. The van der Waals surface area contributed by atoms with Gasteiger partial charge >= 0.3 is 5.97 Å². The van der Waals surface area contributed by atoms with Gasteiger partial charge < -0.3 is 15.4 Å². The predicted octanol–water partition coefficient (Wildman–Crippen LogP) is 4.43. The molecule has 0 saturated carbocycles. The van der Waals surface area contributed by atoms with E-state index in [1.54, 1.807) is 66.7 Å². The third-order valence-corrected chi connectivity index (χ3v) is 4.82. The SMILES string of the molecule is O=C(CNC(=O)c1cccc2ccccc12)Nc1ccccc1OC(=O)c1ccccc1. The number of esters is 1. The molecule has 0 unspecified atom stereocenters. The van der Waals surface area contributed by atoms with E-state index in [9.17, 15) is 14.4 Å². The highest BCUT2D eigenvalue weighted by atomic mass is 16.5. The zero-order valence-electron chi connectivity index (χ0n) is 17.1. The molecule has 0 aromatic heterocycles. The standard InChI is InChI=1S/C26H20N2O4/c29-24(17-27-25(30)21-14-8-12-18-9-4-5-13-20(18)21)28-22-15-6-7-16-23(22)32-26(31)19-10-2-1-3-11-19/h1-16H,17H2,(H,27,30)(H,28,29). The number of amides is 2. The average Bonchev–Trinajstić information content (AvgIpc) is 2.84. The fourth-order valence-corrected chi connectivity index (χ4v) is 3.27. The average molecular weight is 424 g/mol. The molecule has 0 fully saturated rings. The van der Waals surface area contributed by atoms with Gasteiger partial charge in [0.15, 0.2) is 5.75 Å². The molecule has 0 bridgehead atoms. The summed E-state index contributed by atoms with van der Waals surface area (Å²) in [7, 11) is 0. The van der Waals surface area contributed by atoms with Crippen LogP contribution in [0.5, 0.6) is 5.75 Å². The first-order valence-corrected chi connectivity index (χ1v) is 10.0. The van der Waals surface area contributed by atoms with Crippen LogP contribution in [0.15, 0.2) is 97.1 Å². The van der Waals surface area contributed by atoms with Crippen LogP contribution in [-0.4, -0.2) is 24.3 Å². The maximum Gasteiger partial charge on any atom is 0.343 e. The largest absolute Gasteiger partial charge is 0.421 e. The van der Waals surface area contributed by atoms with Crippen LogP contribution in [0, 0.1) is 0 Å². The molecule has 0 spiro atoms. The maximum atomic E-state index is 12.6. The molecule has 0 heterocycles. The molecule has 158 valence electrons. The van der Waals surface area contributed by atoms with Gasteiger partial charge in [0.05, 0.1) is 17.8 Å². The Kier molecular flexibility index (Phi) is 6.22. The third-order valence-electron chi connectivity index (χ3n) is 4.82. The Morgan fingerprint density at radius 2 is 1.41 bits per heavy atom. The summed E-state index contributed by atoms with van der Waals surface area (Å²) in [6.45, 7) is -0.233. The molecule has 4 rings (SSSR count). The minimum Gasteiger partial charge on any atom is -0.421 e. The van der Waals surface area contributed by atoms with Gasteiger partial charge in [0, 0.05) is 5.56 Å². The predicted molar refractivity (Wildman–Crippen MR) is 123 cm³/mol. The number of nitrogens with one attached hydrogen (secondary N) is 2. The number of ether oxygens (including phenoxy) is 1. The van der Waals surface area contributed by atoms with E-state index in [2.05, 4.69) is 10.6 Å². The summed E-state index contributed by atoms with van der Waals surface area (Å²) >= 11 is 0. The molecule has 2 amide bonds. The van der Waals surface area contributed by atoms with Gasteiger partial charge in [-0.3, -0.25) is 9.59 Å². The molecule has 0 atom stereocenters. The zero-order valence-corrected chi connectivity index (χ0v) is 17.1. The van der Waals surface area contributed by atoms with Crippen molar-refractivity contribution in [3.8, 4) is 5.75 Å². The molecular weight excluding hydrogens is 404 g/mol. The smallest absolute Gasteiger partial charge is 0.343 e. The molecule has 0 saturated heterocycles. The fraction of sp³-hybridized carbons (Fsp3) is 0.0385. The van der Waals surface area contributed by atoms with Gasteiger partial charge in [-0.05, 0) is 41.1 Å². The lowest BCUT2D eigenvalue weighted by molar-refractivity contribution is -0.115. The van der Waals surface area contributed by atoms with E-state index in [1.807, 2.05) is 30.3 Å². The quantitative estimate of drug-likeness (QED) is 0.354. The lowest BCUT2D eigenvalue weighted by Crippen LogP contribution is -2.33. The van der Waals surface area contributed by atoms with Crippen molar-refractivity contribution in [2.45, 2.75) is 0 Å². The first-order valence-electron chi connectivity index (χ1n) is 10.0. The molecule has 0 aliphatic rings. The molecule has 0 aliphatic heterocycles. The van der Waals surface area contributed by atoms with Gasteiger partial charge in [0.1, 0.15) is 0 Å². The third kappa shape index (κ3) is 4.82. The number of rotatable bonds is 6. The van der Waals surface area contributed by atoms with E-state index in [0.717, 1.165) is 10.8 Å². The molecule has 6 heteroatoms. The second-order valence-electron chi connectivity index (χ2n) is 7.01. The van der Waals surface area contributed by atoms with Crippen LogP contribution in [0.3, 0.4) is 0 Å². The number of hydrogen-bond acceptors (Lipinski definition) is 4. The van der Waals surface area contributed by atoms with Crippen molar-refractivity contribution in [3.05, 3.63) is 108 Å². The molecular formula is C26H20N2O4. The van der Waals surface area contributed by atoms with E-state index in [-0.39, 0.29) is 18.2 Å². The molecule has 0 aliphatic carbocycles. The topological polar surface area (TPSA) is 84.5 Å². The van der Waals surface area contributed by atoms with Crippen molar-refractivity contribution < 1.29 is 19.1 Å². The van der Waals surface area contributed by atoms with Gasteiger partial charge in [0.2, 0.25) is 5.91 Å². The Morgan fingerprint density at radius 3 is 2.25 bits per heavy atom. The number of carbonyl (C=O) groups excluding carboxylic acids is 3. The van der Waals surface area contributed by atoms with E-state index in [1.165, 1.54) is 0 Å². The van der Waals surface area contributed by atoms with Crippen molar-refractivity contribution in [3.63, 3.8) is 0 Å². The zero-order chi connectivity index (χ0) is 22.3. The van der Waals surface area contributed by atoms with Crippen molar-refractivity contribution in [1.82, 2.24) is 5.32 Å². The van der Waals surface area contributed by atoms with Crippen LogP contribution in [0.1, 0.15) is 20.7 Å². The Morgan fingerprint density at radius 1 is 0.719 bits per heavy atom. The van der Waals surface area contributed by atoms with Crippen LogP contribution >= 0.6 is 0 Å². The summed E-state index contributed by atoms with van der Waals surface area (Å²) in [5.74, 6) is -1.10. The second-order valence-corrected chi connectivity index (χ2v) is 7.01. The monoisotopic (exact) mass is 424 g/mol. The van der Waals surface area contributed by atoms with Gasteiger partial charge in [-0.1, -0.05) is 66.7 Å². The summed E-state index contributed by atoms with van der Waals surface area (Å²) < 4.78 is 5.43. The van der Waals surface area contributed by atoms with Crippen molar-refractivity contribution in [2.24, 2.45) is 0 Å². The van der Waals surface area contributed by atoms with Gasteiger partial charge in [-0.25, -0.2) is 4.79 Å². The second kappa shape index (κ2) is 9.57. The van der Waals surface area contributed by atoms with Crippen LogP contribution in [0.4, 0.5) is 5.69 Å². The fourth-order valence-electron chi connectivity index (χ4n) is 3.27. The number of fused-ring (bicyclic) bond motifs is 1. The molecule has 4 aromatic rings. The van der Waals surface area contributed by atoms with Crippen molar-refractivity contribution >= 4 is 34.2 Å². The van der Waals surface area contributed by atoms with Gasteiger partial charge in [-0.15, -0.1) is 0 Å². The first-order chi connectivity index (χ1) is 15.6. The van der Waals surface area contributed by atoms with Crippen molar-refractivity contribution in [1.29, 1.82) is 0 Å². The summed E-state index contributed by atoms with van der Waals surface area (Å²) in [5.41, 5.74) is 1.23. The molecule has 6 nitrogen and oxygen atoms in total. The van der Waals surface area contributed by atoms with Crippen LogP contribution in [-0.2, 0) is 4.79 Å². The highest BCUT2D eigenvalue weighted by molar-refractivity contribution is 6.08. The van der Waals surface area contributed by atoms with E-state index >= 15 is 0 Å². The summed E-state index contributed by atoms with van der Waals surface area (Å²) in [4.78, 5) is 37.4. The summed E-state index contributed by atoms with van der Waals surface area (Å²) in [6, 6.07) is 28.2. The van der Waals surface area contributed by atoms with Gasteiger partial charge in [0.25, 0.3) is 5.91 Å². The van der Waals surface area contributed by atoms with E-state index in [0.29, 0.717) is 16.8 Å². The number of hydrogen-bond donors (Lipinski definition) is 2. The van der Waals surface area contributed by atoms with Crippen molar-refractivity contribution in [2.75, 3.05) is 11.9 Å². The molecule has 4 aromatic carbocycles.